The zero-order valence-corrected chi connectivity index (χ0v) is 9.03. The quantitative estimate of drug-likeness (QED) is 0.717. The summed E-state index contributed by atoms with van der Waals surface area (Å²) in [4.78, 5) is 11.5. The molecule has 0 aromatic heterocycles. The Kier molecular flexibility index (Phi) is 4.25. The number of nitrogens with two attached hydrogens (primary N) is 1. The molecule has 0 aliphatic rings. The minimum absolute atomic E-state index is 0.0126. The highest BCUT2D eigenvalue weighted by molar-refractivity contribution is 5.96. The van der Waals surface area contributed by atoms with Crippen molar-refractivity contribution in [2.75, 3.05) is 6.54 Å². The SMILES string of the molecule is CC(N)CCNC(=O)c1cc(F)ccc1O. The molecule has 16 heavy (non-hydrogen) atoms. The maximum absolute atomic E-state index is 12.8. The Labute approximate surface area is 93.3 Å². The lowest BCUT2D eigenvalue weighted by atomic mass is 10.1. The molecule has 0 aliphatic carbocycles. The lowest BCUT2D eigenvalue weighted by Crippen LogP contribution is -2.29. The van der Waals surface area contributed by atoms with Crippen molar-refractivity contribution in [3.05, 3.63) is 29.6 Å². The lowest BCUT2D eigenvalue weighted by molar-refractivity contribution is 0.0949. The topological polar surface area (TPSA) is 75.3 Å². The second kappa shape index (κ2) is 5.46. The van der Waals surface area contributed by atoms with Gasteiger partial charge in [-0.3, -0.25) is 4.79 Å². The van der Waals surface area contributed by atoms with Gasteiger partial charge in [0.05, 0.1) is 5.56 Å². The van der Waals surface area contributed by atoms with Crippen LogP contribution in [0.4, 0.5) is 4.39 Å². The van der Waals surface area contributed by atoms with Crippen molar-refractivity contribution in [2.24, 2.45) is 5.73 Å². The number of amides is 1. The molecule has 1 rings (SSSR count). The predicted octanol–water partition coefficient (Wildman–Crippen LogP) is 0.998. The van der Waals surface area contributed by atoms with Gasteiger partial charge in [0.15, 0.2) is 0 Å². The molecule has 0 saturated carbocycles. The van der Waals surface area contributed by atoms with Gasteiger partial charge >= 0.3 is 0 Å². The Morgan fingerprint density at radius 1 is 1.62 bits per heavy atom. The molecule has 0 spiro atoms. The summed E-state index contributed by atoms with van der Waals surface area (Å²) < 4.78 is 12.8. The van der Waals surface area contributed by atoms with Gasteiger partial charge in [-0.1, -0.05) is 0 Å². The van der Waals surface area contributed by atoms with Gasteiger partial charge in [0.2, 0.25) is 0 Å². The molecule has 88 valence electrons. The minimum atomic E-state index is -0.560. The zero-order valence-electron chi connectivity index (χ0n) is 9.03. The summed E-state index contributed by atoms with van der Waals surface area (Å²) in [6.07, 6.45) is 0.627. The molecule has 1 aromatic rings. The van der Waals surface area contributed by atoms with Gasteiger partial charge in [0, 0.05) is 12.6 Å². The van der Waals surface area contributed by atoms with Crippen molar-refractivity contribution in [3.8, 4) is 5.75 Å². The standard InChI is InChI=1S/C11H15FN2O2/c1-7(13)4-5-14-11(16)9-6-8(12)2-3-10(9)15/h2-3,6-7,15H,4-5,13H2,1H3,(H,14,16). The molecule has 4 N–H and O–H groups in total. The maximum Gasteiger partial charge on any atom is 0.255 e. The average Bonchev–Trinajstić information content (AvgIpc) is 2.21. The van der Waals surface area contributed by atoms with E-state index in [9.17, 15) is 14.3 Å². The molecule has 0 saturated heterocycles. The van der Waals surface area contributed by atoms with E-state index in [1.165, 1.54) is 0 Å². The van der Waals surface area contributed by atoms with E-state index < -0.39 is 11.7 Å². The first-order valence-electron chi connectivity index (χ1n) is 5.03. The third-order valence-corrected chi connectivity index (χ3v) is 2.09. The first kappa shape index (κ1) is 12.4. The van der Waals surface area contributed by atoms with Gasteiger partial charge < -0.3 is 16.2 Å². The van der Waals surface area contributed by atoms with Gasteiger partial charge in [-0.2, -0.15) is 0 Å². The molecule has 0 radical (unpaired) electrons. The fourth-order valence-electron chi connectivity index (χ4n) is 1.20. The minimum Gasteiger partial charge on any atom is -0.507 e. The highest BCUT2D eigenvalue weighted by Crippen LogP contribution is 2.17. The first-order valence-corrected chi connectivity index (χ1v) is 5.03. The summed E-state index contributed by atoms with van der Waals surface area (Å²) in [6, 6.07) is 3.22. The van der Waals surface area contributed by atoms with E-state index >= 15 is 0 Å². The maximum atomic E-state index is 12.8. The third-order valence-electron chi connectivity index (χ3n) is 2.09. The van der Waals surface area contributed by atoms with E-state index in [-0.39, 0.29) is 17.4 Å². The first-order chi connectivity index (χ1) is 7.50. The van der Waals surface area contributed by atoms with Crippen LogP contribution in [0.2, 0.25) is 0 Å². The van der Waals surface area contributed by atoms with E-state index in [1.54, 1.807) is 0 Å². The molecule has 1 unspecified atom stereocenters. The van der Waals surface area contributed by atoms with Crippen molar-refractivity contribution in [1.82, 2.24) is 5.32 Å². The Morgan fingerprint density at radius 2 is 2.31 bits per heavy atom. The van der Waals surface area contributed by atoms with Gasteiger partial charge in [-0.05, 0) is 31.5 Å². The normalized spacial score (nSPS) is 12.2. The van der Waals surface area contributed by atoms with Crippen LogP contribution in [0.15, 0.2) is 18.2 Å². The van der Waals surface area contributed by atoms with Crippen LogP contribution < -0.4 is 11.1 Å². The Morgan fingerprint density at radius 3 is 2.94 bits per heavy atom. The molecule has 1 atom stereocenters. The summed E-state index contributed by atoms with van der Waals surface area (Å²) in [5.41, 5.74) is 5.45. The van der Waals surface area contributed by atoms with Gasteiger partial charge in [-0.25, -0.2) is 4.39 Å². The largest absolute Gasteiger partial charge is 0.507 e. The van der Waals surface area contributed by atoms with Crippen molar-refractivity contribution in [1.29, 1.82) is 0 Å². The molecular weight excluding hydrogens is 211 g/mol. The van der Waals surface area contributed by atoms with Crippen LogP contribution >= 0.6 is 0 Å². The van der Waals surface area contributed by atoms with Crippen LogP contribution in [0.1, 0.15) is 23.7 Å². The highest BCUT2D eigenvalue weighted by Gasteiger charge is 2.11. The molecule has 4 nitrogen and oxygen atoms in total. The number of phenolic OH excluding ortho intramolecular Hbond substituents is 1. The fourth-order valence-corrected chi connectivity index (χ4v) is 1.20. The molecule has 1 aromatic carbocycles. The summed E-state index contributed by atoms with van der Waals surface area (Å²) in [5.74, 6) is -1.30. The van der Waals surface area contributed by atoms with Crippen molar-refractivity contribution < 1.29 is 14.3 Å². The summed E-state index contributed by atoms with van der Waals surface area (Å²) in [6.45, 7) is 2.22. The molecule has 0 heterocycles. The van der Waals surface area contributed by atoms with Crippen LogP contribution in [0.5, 0.6) is 5.75 Å². The van der Waals surface area contributed by atoms with Crippen LogP contribution in [0, 0.1) is 5.82 Å². The van der Waals surface area contributed by atoms with Gasteiger partial charge in [0.1, 0.15) is 11.6 Å². The summed E-state index contributed by atoms with van der Waals surface area (Å²) in [7, 11) is 0. The Hall–Kier alpha value is -1.62. The van der Waals surface area contributed by atoms with Crippen molar-refractivity contribution in [2.45, 2.75) is 19.4 Å². The second-order valence-corrected chi connectivity index (χ2v) is 3.68. The van der Waals surface area contributed by atoms with Crippen LogP contribution in [-0.2, 0) is 0 Å². The van der Waals surface area contributed by atoms with E-state index in [2.05, 4.69) is 5.32 Å². The van der Waals surface area contributed by atoms with E-state index in [0.717, 1.165) is 18.2 Å². The number of carbonyl (C=O) groups is 1. The van der Waals surface area contributed by atoms with Crippen LogP contribution in [0.25, 0.3) is 0 Å². The molecule has 1 amide bonds. The number of hydrogen-bond acceptors (Lipinski definition) is 3. The van der Waals surface area contributed by atoms with E-state index in [1.807, 2.05) is 6.92 Å². The highest BCUT2D eigenvalue weighted by atomic mass is 19.1. The number of benzene rings is 1. The van der Waals surface area contributed by atoms with E-state index in [4.69, 9.17) is 5.73 Å². The van der Waals surface area contributed by atoms with Gasteiger partial charge in [-0.15, -0.1) is 0 Å². The molecule has 0 aliphatic heterocycles. The summed E-state index contributed by atoms with van der Waals surface area (Å²) in [5, 5.41) is 11.9. The number of aromatic hydroxyl groups is 1. The number of rotatable bonds is 4. The second-order valence-electron chi connectivity index (χ2n) is 3.68. The van der Waals surface area contributed by atoms with Crippen molar-refractivity contribution >= 4 is 5.91 Å². The third kappa shape index (κ3) is 3.51. The van der Waals surface area contributed by atoms with Crippen LogP contribution in [0.3, 0.4) is 0 Å². The lowest BCUT2D eigenvalue weighted by Gasteiger charge is -2.08. The number of carbonyl (C=O) groups excluding carboxylic acids is 1. The Bertz CT molecular complexity index is 380. The summed E-state index contributed by atoms with van der Waals surface area (Å²) >= 11 is 0. The monoisotopic (exact) mass is 226 g/mol. The molecule has 5 heteroatoms. The van der Waals surface area contributed by atoms with Crippen molar-refractivity contribution in [3.63, 3.8) is 0 Å². The van der Waals surface area contributed by atoms with Gasteiger partial charge in [0.25, 0.3) is 5.91 Å². The molecule has 0 bridgehead atoms. The number of hydrogen-bond donors (Lipinski definition) is 3. The fraction of sp³-hybridized carbons (Fsp3) is 0.364. The smallest absolute Gasteiger partial charge is 0.255 e. The molecule has 0 fully saturated rings. The zero-order chi connectivity index (χ0) is 12.1. The molecular formula is C11H15FN2O2. The number of halogens is 1. The average molecular weight is 226 g/mol. The Balaban J connectivity index is 2.62. The predicted molar refractivity (Wildman–Crippen MR) is 58.7 cm³/mol. The number of phenols is 1. The number of nitrogens with one attached hydrogen (secondary N) is 1. The van der Waals surface area contributed by atoms with Crippen LogP contribution in [-0.4, -0.2) is 23.6 Å². The van der Waals surface area contributed by atoms with E-state index in [0.29, 0.717) is 13.0 Å².